The van der Waals surface area contributed by atoms with Crippen LogP contribution in [0, 0.1) is 6.92 Å². The number of carbonyl (C=O) groups excluding carboxylic acids is 3. The van der Waals surface area contributed by atoms with E-state index in [0.717, 1.165) is 83.7 Å². The van der Waals surface area contributed by atoms with Crippen LogP contribution in [-0.4, -0.2) is 90.4 Å². The monoisotopic (exact) mass is 769 g/mol. The molecule has 3 N–H and O–H groups in total. The van der Waals surface area contributed by atoms with Crippen molar-refractivity contribution >= 4 is 34.4 Å². The minimum Gasteiger partial charge on any atom is -0.369 e. The van der Waals surface area contributed by atoms with Gasteiger partial charge in [-0.2, -0.15) is 15.2 Å². The van der Waals surface area contributed by atoms with Crippen molar-refractivity contribution in [3.8, 4) is 22.4 Å². The summed E-state index contributed by atoms with van der Waals surface area (Å²) < 4.78 is 7.20. The molecule has 2 unspecified atom stereocenters. The fraction of sp³-hybridized carbons (Fsp3) is 0.381. The fourth-order valence-corrected chi connectivity index (χ4v) is 7.58. The van der Waals surface area contributed by atoms with Gasteiger partial charge in [0.1, 0.15) is 5.69 Å². The summed E-state index contributed by atoms with van der Waals surface area (Å²) in [4.78, 5) is 50.5. The predicted octanol–water partition coefficient (Wildman–Crippen LogP) is 5.31. The van der Waals surface area contributed by atoms with E-state index in [1.165, 1.54) is 5.69 Å². The number of H-pyrrole nitrogens is 1. The standard InChI is InChI=1S/C42H47N11O4/c1-25-20-28(8-11-32(25)26(2)45-40(56)38-47-41(57-50-38)42(3,4)5)36-34-21-29(22-43-37(34)49-48-36)27-6-9-31(10-7-27)52-17-14-51(15-18-52)16-19-53-24-30(23-44-53)33-12-13-35(54)46-39(33)55/h6-11,20-24,26,33H,12-19H2,1-5H3,(H,45,56)(H,43,48,49)(H,46,54,55). The summed E-state index contributed by atoms with van der Waals surface area (Å²) in [6.07, 6.45) is 6.45. The van der Waals surface area contributed by atoms with E-state index >= 15 is 0 Å². The number of amides is 3. The molecule has 8 rings (SSSR count). The van der Waals surface area contributed by atoms with Crippen LogP contribution >= 0.6 is 0 Å². The second kappa shape index (κ2) is 15.4. The molecular formula is C42H47N11O4. The van der Waals surface area contributed by atoms with E-state index in [1.54, 1.807) is 6.20 Å². The molecule has 57 heavy (non-hydrogen) atoms. The molecule has 2 aliphatic rings. The van der Waals surface area contributed by atoms with Gasteiger partial charge in [-0.05, 0) is 61.2 Å². The number of aromatic amines is 1. The van der Waals surface area contributed by atoms with Gasteiger partial charge in [-0.15, -0.1) is 0 Å². The molecule has 4 aromatic heterocycles. The summed E-state index contributed by atoms with van der Waals surface area (Å²) in [6.45, 7) is 15.2. The summed E-state index contributed by atoms with van der Waals surface area (Å²) in [5, 5.41) is 22.4. The summed E-state index contributed by atoms with van der Waals surface area (Å²) >= 11 is 0. The SMILES string of the molecule is Cc1cc(-c2n[nH]c3ncc(-c4ccc(N5CCN(CCn6cc(C7CCC(=O)NC7=O)cn6)CC5)cc4)cc23)ccc1C(C)NC(=O)c1noc(C(C)(C)C)n1. The van der Waals surface area contributed by atoms with E-state index in [-0.39, 0.29) is 40.9 Å². The van der Waals surface area contributed by atoms with Crippen molar-refractivity contribution in [3.05, 3.63) is 95.5 Å². The molecule has 294 valence electrons. The lowest BCUT2D eigenvalue weighted by molar-refractivity contribution is -0.134. The number of piperazine rings is 1. The van der Waals surface area contributed by atoms with Gasteiger partial charge in [0.15, 0.2) is 5.65 Å². The van der Waals surface area contributed by atoms with E-state index in [9.17, 15) is 14.4 Å². The molecule has 6 aromatic rings. The van der Waals surface area contributed by atoms with Crippen molar-refractivity contribution in [2.24, 2.45) is 0 Å². The third kappa shape index (κ3) is 8.05. The lowest BCUT2D eigenvalue weighted by Crippen LogP contribution is -2.47. The quantitative estimate of drug-likeness (QED) is 0.154. The van der Waals surface area contributed by atoms with Crippen LogP contribution in [0.2, 0.25) is 0 Å². The Balaban J connectivity index is 0.873. The van der Waals surface area contributed by atoms with E-state index in [1.807, 2.05) is 63.8 Å². The van der Waals surface area contributed by atoms with Crippen molar-refractivity contribution in [1.82, 2.24) is 50.6 Å². The molecule has 2 fully saturated rings. The summed E-state index contributed by atoms with van der Waals surface area (Å²) in [5.41, 5.74) is 8.23. The predicted molar refractivity (Wildman–Crippen MR) is 214 cm³/mol. The second-order valence-corrected chi connectivity index (χ2v) is 16.0. The van der Waals surface area contributed by atoms with Gasteiger partial charge in [0, 0.05) is 84.7 Å². The Morgan fingerprint density at radius 2 is 1.75 bits per heavy atom. The lowest BCUT2D eigenvalue weighted by atomic mass is 9.93. The smallest absolute Gasteiger partial charge is 0.293 e. The summed E-state index contributed by atoms with van der Waals surface area (Å²) in [6, 6.07) is 16.6. The van der Waals surface area contributed by atoms with Crippen molar-refractivity contribution in [3.63, 3.8) is 0 Å². The molecule has 0 spiro atoms. The first-order chi connectivity index (χ1) is 27.4. The highest BCUT2D eigenvalue weighted by Crippen LogP contribution is 2.32. The molecule has 3 amide bonds. The first kappa shape index (κ1) is 37.7. The highest BCUT2D eigenvalue weighted by molar-refractivity contribution is 6.01. The zero-order valence-corrected chi connectivity index (χ0v) is 32.9. The van der Waals surface area contributed by atoms with Gasteiger partial charge in [-0.1, -0.05) is 50.2 Å². The molecule has 0 aliphatic carbocycles. The summed E-state index contributed by atoms with van der Waals surface area (Å²) in [7, 11) is 0. The first-order valence-corrected chi connectivity index (χ1v) is 19.4. The van der Waals surface area contributed by atoms with Crippen molar-refractivity contribution in [1.29, 1.82) is 0 Å². The number of aryl methyl sites for hydroxylation is 1. The van der Waals surface area contributed by atoms with Crippen LogP contribution < -0.4 is 15.5 Å². The molecule has 15 heteroatoms. The fourth-order valence-electron chi connectivity index (χ4n) is 7.58. The highest BCUT2D eigenvalue weighted by atomic mass is 16.5. The summed E-state index contributed by atoms with van der Waals surface area (Å²) in [5.74, 6) is -0.706. The second-order valence-electron chi connectivity index (χ2n) is 16.0. The Bertz CT molecular complexity index is 2430. The molecule has 6 heterocycles. The minimum atomic E-state index is -0.388. The van der Waals surface area contributed by atoms with Crippen LogP contribution in [0.4, 0.5) is 5.69 Å². The molecule has 0 radical (unpaired) electrons. The molecular weight excluding hydrogens is 723 g/mol. The van der Waals surface area contributed by atoms with E-state index in [4.69, 9.17) is 9.51 Å². The van der Waals surface area contributed by atoms with Crippen LogP contribution in [0.3, 0.4) is 0 Å². The van der Waals surface area contributed by atoms with Gasteiger partial charge < -0.3 is 14.7 Å². The van der Waals surface area contributed by atoms with Crippen LogP contribution in [0.15, 0.2) is 71.6 Å². The molecule has 2 aromatic carbocycles. The van der Waals surface area contributed by atoms with Gasteiger partial charge in [-0.25, -0.2) is 4.98 Å². The van der Waals surface area contributed by atoms with Crippen molar-refractivity contribution < 1.29 is 18.9 Å². The zero-order chi connectivity index (χ0) is 39.8. The normalized spacial score (nSPS) is 17.2. The van der Waals surface area contributed by atoms with E-state index in [2.05, 4.69) is 82.3 Å². The number of piperidine rings is 1. The Hall–Kier alpha value is -6.22. The van der Waals surface area contributed by atoms with Crippen molar-refractivity contribution in [2.45, 2.75) is 71.4 Å². The zero-order valence-electron chi connectivity index (χ0n) is 32.9. The Morgan fingerprint density at radius 3 is 2.47 bits per heavy atom. The molecule has 15 nitrogen and oxygen atoms in total. The van der Waals surface area contributed by atoms with Crippen LogP contribution in [0.25, 0.3) is 33.4 Å². The molecule has 2 saturated heterocycles. The van der Waals surface area contributed by atoms with Gasteiger partial charge in [0.05, 0.1) is 24.7 Å². The van der Waals surface area contributed by atoms with Gasteiger partial charge in [0.25, 0.3) is 11.7 Å². The van der Waals surface area contributed by atoms with E-state index < -0.39 is 0 Å². The van der Waals surface area contributed by atoms with Gasteiger partial charge in [0.2, 0.25) is 17.7 Å². The van der Waals surface area contributed by atoms with Crippen LogP contribution in [0.1, 0.15) is 85.7 Å². The van der Waals surface area contributed by atoms with Gasteiger partial charge >= 0.3 is 0 Å². The number of aromatic nitrogens is 7. The number of anilines is 1. The largest absolute Gasteiger partial charge is 0.369 e. The Labute approximate surface area is 330 Å². The van der Waals surface area contributed by atoms with E-state index in [0.29, 0.717) is 24.4 Å². The third-order valence-electron chi connectivity index (χ3n) is 10.9. The Kier molecular flexibility index (Phi) is 10.2. The average Bonchev–Trinajstić information content (AvgIpc) is 3.98. The number of fused-ring (bicyclic) bond motifs is 1. The number of pyridine rings is 1. The Morgan fingerprint density at radius 1 is 0.982 bits per heavy atom. The number of imide groups is 1. The van der Waals surface area contributed by atoms with Crippen LogP contribution in [0.5, 0.6) is 0 Å². The lowest BCUT2D eigenvalue weighted by Gasteiger charge is -2.36. The number of hydrogen-bond acceptors (Lipinski definition) is 11. The molecule has 0 saturated carbocycles. The third-order valence-corrected chi connectivity index (χ3v) is 10.9. The topological polar surface area (TPSA) is 180 Å². The molecule has 0 bridgehead atoms. The number of nitrogens with zero attached hydrogens (tertiary/aromatic N) is 8. The molecule has 2 aliphatic heterocycles. The number of carbonyl (C=O) groups is 3. The average molecular weight is 770 g/mol. The number of rotatable bonds is 10. The maximum Gasteiger partial charge on any atom is 0.293 e. The first-order valence-electron chi connectivity index (χ1n) is 19.4. The molecule has 2 atom stereocenters. The number of hydrogen-bond donors (Lipinski definition) is 3. The maximum atomic E-state index is 12.9. The number of nitrogens with one attached hydrogen (secondary N) is 3. The highest BCUT2D eigenvalue weighted by Gasteiger charge is 2.29. The van der Waals surface area contributed by atoms with Crippen molar-refractivity contribution in [2.75, 3.05) is 37.6 Å². The minimum absolute atomic E-state index is 0.0182. The number of benzene rings is 2. The maximum absolute atomic E-state index is 12.9. The van der Waals surface area contributed by atoms with Crippen LogP contribution in [-0.2, 0) is 21.5 Å². The van der Waals surface area contributed by atoms with Gasteiger partial charge in [-0.3, -0.25) is 34.4 Å².